The fourth-order valence-corrected chi connectivity index (χ4v) is 3.17. The molecule has 1 aliphatic heterocycles. The molecule has 1 aromatic carbocycles. The van der Waals surface area contributed by atoms with E-state index in [9.17, 15) is 4.39 Å². The Labute approximate surface area is 152 Å². The molecule has 0 unspecified atom stereocenters. The molecule has 2 aromatic heterocycles. The van der Waals surface area contributed by atoms with Crippen LogP contribution in [0.4, 0.5) is 4.39 Å². The van der Waals surface area contributed by atoms with Crippen molar-refractivity contribution in [2.24, 2.45) is 0 Å². The molecule has 0 atom stereocenters. The maximum Gasteiger partial charge on any atom is 0.123 e. The quantitative estimate of drug-likeness (QED) is 0.708. The van der Waals surface area contributed by atoms with Gasteiger partial charge >= 0.3 is 0 Å². The molecule has 3 heterocycles. The summed E-state index contributed by atoms with van der Waals surface area (Å²) >= 11 is 0. The summed E-state index contributed by atoms with van der Waals surface area (Å²) in [5.41, 5.74) is 3.85. The first kappa shape index (κ1) is 16.9. The monoisotopic (exact) mass is 352 g/mol. The van der Waals surface area contributed by atoms with Crippen LogP contribution in [-0.2, 0) is 11.3 Å². The van der Waals surface area contributed by atoms with Crippen molar-refractivity contribution in [3.05, 3.63) is 60.8 Å². The molecular formula is C20H21FN4O. The van der Waals surface area contributed by atoms with Crippen LogP contribution in [0.2, 0.25) is 0 Å². The van der Waals surface area contributed by atoms with Crippen LogP contribution in [0.25, 0.3) is 22.4 Å². The fraction of sp³-hybridized carbons (Fsp3) is 0.300. The summed E-state index contributed by atoms with van der Waals surface area (Å²) in [6, 6.07) is 10.4. The highest BCUT2D eigenvalue weighted by Crippen LogP contribution is 2.30. The molecule has 0 bridgehead atoms. The van der Waals surface area contributed by atoms with E-state index in [2.05, 4.69) is 9.88 Å². The first-order chi connectivity index (χ1) is 12.8. The summed E-state index contributed by atoms with van der Waals surface area (Å²) in [6.45, 7) is 5.25. The van der Waals surface area contributed by atoms with E-state index in [0.29, 0.717) is 0 Å². The van der Waals surface area contributed by atoms with Gasteiger partial charge in [-0.05, 0) is 29.8 Å². The second kappa shape index (κ2) is 7.76. The van der Waals surface area contributed by atoms with Gasteiger partial charge in [0, 0.05) is 49.4 Å². The minimum absolute atomic E-state index is 0.237. The van der Waals surface area contributed by atoms with Gasteiger partial charge in [0.2, 0.25) is 0 Å². The fourth-order valence-electron chi connectivity index (χ4n) is 3.17. The number of hydrogen-bond donors (Lipinski definition) is 0. The minimum Gasteiger partial charge on any atom is -0.379 e. The van der Waals surface area contributed by atoms with Crippen molar-refractivity contribution in [1.29, 1.82) is 0 Å². The van der Waals surface area contributed by atoms with Crippen molar-refractivity contribution in [3.8, 4) is 22.4 Å². The van der Waals surface area contributed by atoms with E-state index in [1.807, 2.05) is 23.0 Å². The van der Waals surface area contributed by atoms with E-state index in [0.717, 1.165) is 61.8 Å². The molecule has 0 N–H and O–H groups in total. The molecule has 26 heavy (non-hydrogen) atoms. The molecule has 1 aliphatic rings. The van der Waals surface area contributed by atoms with Crippen LogP contribution in [0.15, 0.2) is 55.0 Å². The molecule has 3 aromatic rings. The molecule has 1 saturated heterocycles. The normalized spacial score (nSPS) is 15.3. The molecule has 0 saturated carbocycles. The number of morpholine rings is 1. The number of rotatable bonds is 5. The Morgan fingerprint density at radius 1 is 0.923 bits per heavy atom. The van der Waals surface area contributed by atoms with Crippen LogP contribution in [0.3, 0.4) is 0 Å². The lowest BCUT2D eigenvalue weighted by molar-refractivity contribution is 0.0360. The lowest BCUT2D eigenvalue weighted by Gasteiger charge is -2.26. The maximum absolute atomic E-state index is 13.3. The van der Waals surface area contributed by atoms with Gasteiger partial charge in [-0.2, -0.15) is 5.10 Å². The zero-order valence-electron chi connectivity index (χ0n) is 14.5. The molecule has 5 nitrogen and oxygen atoms in total. The van der Waals surface area contributed by atoms with Crippen molar-refractivity contribution in [1.82, 2.24) is 19.7 Å². The Morgan fingerprint density at radius 2 is 1.65 bits per heavy atom. The van der Waals surface area contributed by atoms with Crippen LogP contribution in [0.1, 0.15) is 0 Å². The molecule has 1 fully saturated rings. The van der Waals surface area contributed by atoms with E-state index in [1.165, 1.54) is 12.1 Å². The lowest BCUT2D eigenvalue weighted by atomic mass is 10.0. The molecule has 0 spiro atoms. The van der Waals surface area contributed by atoms with Gasteiger partial charge in [0.15, 0.2) is 0 Å². The van der Waals surface area contributed by atoms with Crippen LogP contribution in [0.5, 0.6) is 0 Å². The summed E-state index contributed by atoms with van der Waals surface area (Å²) in [4.78, 5) is 6.47. The number of halogens is 1. The van der Waals surface area contributed by atoms with E-state index >= 15 is 0 Å². The van der Waals surface area contributed by atoms with E-state index < -0.39 is 0 Å². The van der Waals surface area contributed by atoms with Gasteiger partial charge in [0.1, 0.15) is 11.5 Å². The van der Waals surface area contributed by atoms with Gasteiger partial charge in [-0.3, -0.25) is 14.6 Å². The number of benzene rings is 1. The van der Waals surface area contributed by atoms with Gasteiger partial charge in [-0.1, -0.05) is 12.1 Å². The Hall–Kier alpha value is -2.57. The van der Waals surface area contributed by atoms with Crippen LogP contribution < -0.4 is 0 Å². The van der Waals surface area contributed by atoms with Gasteiger partial charge < -0.3 is 4.74 Å². The standard InChI is InChI=1S/C20H21FN4O/c21-18-3-1-16(2-4-18)19-15-25(10-9-24-11-13-26-14-12-24)23-20(19)17-5-7-22-8-6-17/h1-8,15H,9-14H2. The zero-order chi connectivity index (χ0) is 17.8. The summed E-state index contributed by atoms with van der Waals surface area (Å²) < 4.78 is 20.7. The Bertz CT molecular complexity index is 842. The molecule has 6 heteroatoms. The number of ether oxygens (including phenoxy) is 1. The van der Waals surface area contributed by atoms with Crippen molar-refractivity contribution in [3.63, 3.8) is 0 Å². The predicted octanol–water partition coefficient (Wildman–Crippen LogP) is 3.08. The molecule has 0 amide bonds. The average molecular weight is 352 g/mol. The summed E-state index contributed by atoms with van der Waals surface area (Å²) in [7, 11) is 0. The highest BCUT2D eigenvalue weighted by Gasteiger charge is 2.15. The van der Waals surface area contributed by atoms with Crippen molar-refractivity contribution in [2.75, 3.05) is 32.8 Å². The lowest BCUT2D eigenvalue weighted by Crippen LogP contribution is -2.38. The molecule has 0 aliphatic carbocycles. The van der Waals surface area contributed by atoms with Crippen LogP contribution in [0, 0.1) is 5.82 Å². The average Bonchev–Trinajstić information content (AvgIpc) is 3.13. The van der Waals surface area contributed by atoms with E-state index in [1.54, 1.807) is 24.5 Å². The predicted molar refractivity (Wildman–Crippen MR) is 98.1 cm³/mol. The topological polar surface area (TPSA) is 43.2 Å². The highest BCUT2D eigenvalue weighted by molar-refractivity contribution is 5.80. The second-order valence-electron chi connectivity index (χ2n) is 6.35. The molecular weight excluding hydrogens is 331 g/mol. The number of nitrogens with zero attached hydrogens (tertiary/aromatic N) is 4. The largest absolute Gasteiger partial charge is 0.379 e. The second-order valence-corrected chi connectivity index (χ2v) is 6.35. The minimum atomic E-state index is -0.237. The number of hydrogen-bond acceptors (Lipinski definition) is 4. The first-order valence-electron chi connectivity index (χ1n) is 8.83. The number of aromatic nitrogens is 3. The van der Waals surface area contributed by atoms with Crippen molar-refractivity contribution in [2.45, 2.75) is 6.54 Å². The van der Waals surface area contributed by atoms with E-state index in [-0.39, 0.29) is 5.82 Å². The Kier molecular flexibility index (Phi) is 5.04. The third kappa shape index (κ3) is 3.81. The van der Waals surface area contributed by atoms with Gasteiger partial charge in [0.05, 0.1) is 19.8 Å². The van der Waals surface area contributed by atoms with Crippen LogP contribution in [-0.4, -0.2) is 52.5 Å². The van der Waals surface area contributed by atoms with Crippen LogP contribution >= 0.6 is 0 Å². The Balaban J connectivity index is 1.62. The first-order valence-corrected chi connectivity index (χ1v) is 8.83. The molecule has 0 radical (unpaired) electrons. The van der Waals surface area contributed by atoms with Gasteiger partial charge in [0.25, 0.3) is 0 Å². The summed E-state index contributed by atoms with van der Waals surface area (Å²) in [6.07, 6.45) is 5.57. The molecule has 134 valence electrons. The summed E-state index contributed by atoms with van der Waals surface area (Å²) in [5, 5.41) is 4.80. The van der Waals surface area contributed by atoms with Crippen molar-refractivity contribution >= 4 is 0 Å². The Morgan fingerprint density at radius 3 is 2.38 bits per heavy atom. The third-order valence-corrected chi connectivity index (χ3v) is 4.62. The third-order valence-electron chi connectivity index (χ3n) is 4.62. The van der Waals surface area contributed by atoms with E-state index in [4.69, 9.17) is 9.84 Å². The highest BCUT2D eigenvalue weighted by atomic mass is 19.1. The summed E-state index contributed by atoms with van der Waals surface area (Å²) in [5.74, 6) is -0.237. The number of pyridine rings is 1. The maximum atomic E-state index is 13.3. The smallest absolute Gasteiger partial charge is 0.123 e. The van der Waals surface area contributed by atoms with Gasteiger partial charge in [-0.25, -0.2) is 4.39 Å². The molecule has 4 rings (SSSR count). The SMILES string of the molecule is Fc1ccc(-c2cn(CCN3CCOCC3)nc2-c2ccncc2)cc1. The van der Waals surface area contributed by atoms with Crippen molar-refractivity contribution < 1.29 is 9.13 Å². The van der Waals surface area contributed by atoms with Gasteiger partial charge in [-0.15, -0.1) is 0 Å². The zero-order valence-corrected chi connectivity index (χ0v) is 14.5.